The fourth-order valence-electron chi connectivity index (χ4n) is 3.41. The molecule has 0 aliphatic rings. The minimum absolute atomic E-state index is 0.0131. The topological polar surface area (TPSA) is 73.8 Å². The lowest BCUT2D eigenvalue weighted by atomic mass is 10.1. The molecule has 0 N–H and O–H groups in total. The summed E-state index contributed by atoms with van der Waals surface area (Å²) in [5.74, 6) is 1.55. The summed E-state index contributed by atoms with van der Waals surface area (Å²) in [5.41, 5.74) is 6.07. The molecule has 0 aliphatic carbocycles. The van der Waals surface area contributed by atoms with E-state index in [2.05, 4.69) is 25.8 Å². The second-order valence-electron chi connectivity index (χ2n) is 6.76. The number of aryl methyl sites for hydroxylation is 3. The summed E-state index contributed by atoms with van der Waals surface area (Å²) in [6.45, 7) is 6.40. The molecule has 1 aromatic carbocycles. The lowest BCUT2D eigenvalue weighted by Crippen LogP contribution is -2.04. The largest absolute Gasteiger partial charge is 0.361 e. The van der Waals surface area contributed by atoms with Crippen LogP contribution in [0.1, 0.15) is 33.2 Å². The summed E-state index contributed by atoms with van der Waals surface area (Å²) in [4.78, 5) is 20.8. The van der Waals surface area contributed by atoms with E-state index in [4.69, 9.17) is 16.1 Å². The molecule has 0 atom stereocenters. The Balaban J connectivity index is 1.73. The Morgan fingerprint density at radius 3 is 2.57 bits per heavy atom. The van der Waals surface area contributed by atoms with Crippen molar-refractivity contribution in [1.29, 1.82) is 0 Å². The van der Waals surface area contributed by atoms with E-state index in [1.54, 1.807) is 6.20 Å². The molecule has 142 valence electrons. The van der Waals surface area contributed by atoms with E-state index < -0.39 is 0 Å². The van der Waals surface area contributed by atoms with Gasteiger partial charge in [0.1, 0.15) is 11.6 Å². The summed E-state index contributed by atoms with van der Waals surface area (Å²) in [5, 5.41) is 4.04. The van der Waals surface area contributed by atoms with Gasteiger partial charge in [-0.3, -0.25) is 4.79 Å². The third-order valence-corrected chi connectivity index (χ3v) is 5.10. The monoisotopic (exact) mass is 394 g/mol. The molecular weight excluding hydrogens is 376 g/mol. The number of ketones is 1. The molecule has 0 aliphatic heterocycles. The Morgan fingerprint density at radius 1 is 1.18 bits per heavy atom. The average Bonchev–Trinajstić information content (AvgIpc) is 3.20. The van der Waals surface area contributed by atoms with Crippen molar-refractivity contribution < 1.29 is 9.32 Å². The van der Waals surface area contributed by atoms with Crippen molar-refractivity contribution in [2.24, 2.45) is 0 Å². The third-order valence-electron chi connectivity index (χ3n) is 4.86. The molecule has 6 nitrogen and oxygen atoms in total. The molecule has 0 fully saturated rings. The van der Waals surface area contributed by atoms with E-state index in [0.717, 1.165) is 39.5 Å². The van der Waals surface area contributed by atoms with E-state index in [1.807, 2.05) is 45.0 Å². The molecule has 0 bridgehead atoms. The third kappa shape index (κ3) is 3.20. The Bertz CT molecular complexity index is 1160. The van der Waals surface area contributed by atoms with Crippen LogP contribution >= 0.6 is 11.6 Å². The fourth-order valence-corrected chi connectivity index (χ4v) is 3.56. The van der Waals surface area contributed by atoms with E-state index in [0.29, 0.717) is 17.8 Å². The van der Waals surface area contributed by atoms with Gasteiger partial charge in [0, 0.05) is 29.4 Å². The van der Waals surface area contributed by atoms with Crippen LogP contribution in [0.4, 0.5) is 0 Å². The number of benzene rings is 1. The zero-order valence-electron chi connectivity index (χ0n) is 15.9. The van der Waals surface area contributed by atoms with Gasteiger partial charge in [-0.05, 0) is 32.4 Å². The molecule has 0 amide bonds. The van der Waals surface area contributed by atoms with Crippen LogP contribution in [0.5, 0.6) is 0 Å². The van der Waals surface area contributed by atoms with E-state index in [1.165, 1.54) is 0 Å². The van der Waals surface area contributed by atoms with Gasteiger partial charge in [0.25, 0.3) is 0 Å². The molecular formula is C21H19ClN4O2. The van der Waals surface area contributed by atoms with Crippen LogP contribution in [0.25, 0.3) is 22.3 Å². The van der Waals surface area contributed by atoms with Crippen molar-refractivity contribution in [2.75, 3.05) is 5.88 Å². The van der Waals surface area contributed by atoms with Gasteiger partial charge in [0.2, 0.25) is 0 Å². The van der Waals surface area contributed by atoms with Crippen LogP contribution in [0.15, 0.2) is 41.1 Å². The predicted molar refractivity (Wildman–Crippen MR) is 108 cm³/mol. The van der Waals surface area contributed by atoms with Crippen LogP contribution in [0.3, 0.4) is 0 Å². The lowest BCUT2D eigenvalue weighted by Gasteiger charge is -2.08. The maximum Gasteiger partial charge on any atom is 0.177 e. The standard InChI is InChI=1S/C21H19ClN4O2/c1-12-20(13(2)28-25-12)17-8-18-21(23-10-17)24-14(3)26(18)11-15-4-6-16(7-5-15)19(27)9-22/h4-8,10H,9,11H2,1-3H3. The minimum Gasteiger partial charge on any atom is -0.361 e. The zero-order valence-corrected chi connectivity index (χ0v) is 16.6. The van der Waals surface area contributed by atoms with Crippen LogP contribution in [-0.2, 0) is 6.54 Å². The fraction of sp³-hybridized carbons (Fsp3) is 0.238. The lowest BCUT2D eigenvalue weighted by molar-refractivity contribution is 0.102. The van der Waals surface area contributed by atoms with Crippen molar-refractivity contribution in [2.45, 2.75) is 27.3 Å². The first-order chi connectivity index (χ1) is 13.5. The van der Waals surface area contributed by atoms with Crippen molar-refractivity contribution in [3.63, 3.8) is 0 Å². The Labute approximate surface area is 167 Å². The van der Waals surface area contributed by atoms with Crippen LogP contribution in [0.2, 0.25) is 0 Å². The molecule has 28 heavy (non-hydrogen) atoms. The quantitative estimate of drug-likeness (QED) is 0.368. The van der Waals surface area contributed by atoms with Gasteiger partial charge in [0.05, 0.1) is 17.1 Å². The van der Waals surface area contributed by atoms with Crippen LogP contribution in [0, 0.1) is 20.8 Å². The number of rotatable bonds is 5. The summed E-state index contributed by atoms with van der Waals surface area (Å²) in [6.07, 6.45) is 1.80. The highest BCUT2D eigenvalue weighted by Gasteiger charge is 2.16. The number of aromatic nitrogens is 4. The summed E-state index contributed by atoms with van der Waals surface area (Å²) < 4.78 is 7.41. The van der Waals surface area contributed by atoms with E-state index in [9.17, 15) is 4.79 Å². The first-order valence-electron chi connectivity index (χ1n) is 8.92. The second kappa shape index (κ2) is 7.20. The van der Waals surface area contributed by atoms with Gasteiger partial charge in [-0.2, -0.15) is 0 Å². The molecule has 0 saturated heterocycles. The molecule has 3 heterocycles. The predicted octanol–water partition coefficient (Wildman–Crippen LogP) is 4.48. The smallest absolute Gasteiger partial charge is 0.177 e. The van der Waals surface area contributed by atoms with Gasteiger partial charge in [-0.1, -0.05) is 29.4 Å². The number of hydrogen-bond acceptors (Lipinski definition) is 5. The Morgan fingerprint density at radius 2 is 1.93 bits per heavy atom. The Kier molecular flexibility index (Phi) is 4.73. The summed E-state index contributed by atoms with van der Waals surface area (Å²) in [7, 11) is 0. The molecule has 0 saturated carbocycles. The van der Waals surface area contributed by atoms with Gasteiger partial charge in [0.15, 0.2) is 11.4 Å². The molecule has 7 heteroatoms. The van der Waals surface area contributed by atoms with E-state index in [-0.39, 0.29) is 11.7 Å². The molecule has 0 radical (unpaired) electrons. The van der Waals surface area contributed by atoms with E-state index >= 15 is 0 Å². The van der Waals surface area contributed by atoms with Gasteiger partial charge in [-0.25, -0.2) is 9.97 Å². The highest BCUT2D eigenvalue weighted by Crippen LogP contribution is 2.29. The molecule has 4 aromatic rings. The number of nitrogens with zero attached hydrogens (tertiary/aromatic N) is 4. The second-order valence-corrected chi connectivity index (χ2v) is 7.03. The molecule has 4 rings (SSSR count). The SMILES string of the molecule is Cc1noc(C)c1-c1cnc2nc(C)n(Cc3ccc(C(=O)CCl)cc3)c2c1. The number of carbonyl (C=O) groups excluding carboxylic acids is 1. The molecule has 0 unspecified atom stereocenters. The van der Waals surface area contributed by atoms with Crippen LogP contribution < -0.4 is 0 Å². The van der Waals surface area contributed by atoms with Crippen molar-refractivity contribution in [1.82, 2.24) is 19.7 Å². The van der Waals surface area contributed by atoms with Crippen molar-refractivity contribution in [3.05, 3.63) is 64.9 Å². The van der Waals surface area contributed by atoms with Gasteiger partial charge >= 0.3 is 0 Å². The van der Waals surface area contributed by atoms with Crippen molar-refractivity contribution in [3.8, 4) is 11.1 Å². The van der Waals surface area contributed by atoms with Gasteiger partial charge < -0.3 is 9.09 Å². The van der Waals surface area contributed by atoms with Gasteiger partial charge in [-0.15, -0.1) is 11.6 Å². The number of halogens is 1. The summed E-state index contributed by atoms with van der Waals surface area (Å²) in [6, 6.07) is 9.57. The number of hydrogen-bond donors (Lipinski definition) is 0. The average molecular weight is 395 g/mol. The molecule has 3 aromatic heterocycles. The van der Waals surface area contributed by atoms with Crippen molar-refractivity contribution >= 4 is 28.5 Å². The zero-order chi connectivity index (χ0) is 19.8. The number of carbonyl (C=O) groups is 1. The maximum absolute atomic E-state index is 11.7. The number of imidazole rings is 1. The highest BCUT2D eigenvalue weighted by atomic mass is 35.5. The highest BCUT2D eigenvalue weighted by molar-refractivity contribution is 6.30. The maximum atomic E-state index is 11.7. The first-order valence-corrected chi connectivity index (χ1v) is 9.45. The number of alkyl halides is 1. The Hall–Kier alpha value is -2.99. The number of pyridine rings is 1. The summed E-state index contributed by atoms with van der Waals surface area (Å²) >= 11 is 5.63. The number of Topliss-reactive ketones (excluding diaryl/α,β-unsaturated/α-hetero) is 1. The number of fused-ring (bicyclic) bond motifs is 1. The van der Waals surface area contributed by atoms with Crippen LogP contribution in [-0.4, -0.2) is 31.4 Å². The minimum atomic E-state index is -0.0780. The molecule has 0 spiro atoms. The first kappa shape index (κ1) is 18.4. The normalized spacial score (nSPS) is 11.3.